The lowest BCUT2D eigenvalue weighted by molar-refractivity contribution is 0.627. The van der Waals surface area contributed by atoms with Crippen molar-refractivity contribution in [3.05, 3.63) is 53.2 Å². The second kappa shape index (κ2) is 4.88. The molecule has 1 aromatic carbocycles. The zero-order valence-electron chi connectivity index (χ0n) is 11.3. The fourth-order valence-electron chi connectivity index (χ4n) is 2.03. The summed E-state index contributed by atoms with van der Waals surface area (Å²) in [6.45, 7) is 4.50. The van der Waals surface area contributed by atoms with Crippen molar-refractivity contribution in [2.75, 3.05) is 5.32 Å². The Kier molecular flexibility index (Phi) is 3.06. The van der Waals surface area contributed by atoms with Crippen molar-refractivity contribution in [1.82, 2.24) is 19.6 Å². The van der Waals surface area contributed by atoms with Gasteiger partial charge in [0.1, 0.15) is 18.0 Å². The summed E-state index contributed by atoms with van der Waals surface area (Å²) >= 11 is 0. The molecule has 2 aromatic heterocycles. The fraction of sp³-hybridized carbons (Fsp3) is 0.214. The van der Waals surface area contributed by atoms with E-state index in [0.29, 0.717) is 12.3 Å². The SMILES string of the molecule is Cc1nc2ncnn2c(NCc2ccc(F)cc2)c1C. The molecule has 0 saturated carbocycles. The molecule has 0 amide bonds. The second-order valence-electron chi connectivity index (χ2n) is 4.62. The molecule has 3 aromatic rings. The van der Waals surface area contributed by atoms with E-state index in [4.69, 9.17) is 0 Å². The Morgan fingerprint density at radius 2 is 1.95 bits per heavy atom. The average molecular weight is 271 g/mol. The number of aromatic nitrogens is 4. The number of hydrogen-bond donors (Lipinski definition) is 1. The Morgan fingerprint density at radius 3 is 2.70 bits per heavy atom. The summed E-state index contributed by atoms with van der Waals surface area (Å²) in [4.78, 5) is 8.46. The minimum absolute atomic E-state index is 0.233. The predicted molar refractivity (Wildman–Crippen MR) is 74.0 cm³/mol. The topological polar surface area (TPSA) is 55.1 Å². The highest BCUT2D eigenvalue weighted by Crippen LogP contribution is 2.18. The van der Waals surface area contributed by atoms with Crippen molar-refractivity contribution in [3.63, 3.8) is 0 Å². The molecule has 102 valence electrons. The molecule has 1 N–H and O–H groups in total. The molecule has 0 atom stereocenters. The highest BCUT2D eigenvalue weighted by atomic mass is 19.1. The largest absolute Gasteiger partial charge is 0.366 e. The third-order valence-electron chi connectivity index (χ3n) is 3.28. The van der Waals surface area contributed by atoms with Gasteiger partial charge in [-0.25, -0.2) is 9.37 Å². The van der Waals surface area contributed by atoms with E-state index in [1.54, 1.807) is 16.6 Å². The summed E-state index contributed by atoms with van der Waals surface area (Å²) in [5.74, 6) is 1.19. The van der Waals surface area contributed by atoms with Crippen molar-refractivity contribution in [2.45, 2.75) is 20.4 Å². The molecule has 0 radical (unpaired) electrons. The van der Waals surface area contributed by atoms with Crippen LogP contribution in [-0.2, 0) is 6.54 Å². The monoisotopic (exact) mass is 271 g/mol. The van der Waals surface area contributed by atoms with Crippen LogP contribution in [0.1, 0.15) is 16.8 Å². The molecule has 3 rings (SSSR count). The lowest BCUT2D eigenvalue weighted by Crippen LogP contribution is -2.09. The fourth-order valence-corrected chi connectivity index (χ4v) is 2.03. The Morgan fingerprint density at radius 1 is 1.20 bits per heavy atom. The number of hydrogen-bond acceptors (Lipinski definition) is 4. The lowest BCUT2D eigenvalue weighted by atomic mass is 10.2. The first-order chi connectivity index (χ1) is 9.65. The summed E-state index contributed by atoms with van der Waals surface area (Å²) in [6.07, 6.45) is 1.48. The van der Waals surface area contributed by atoms with Gasteiger partial charge in [-0.3, -0.25) is 0 Å². The number of halogens is 1. The van der Waals surface area contributed by atoms with Crippen LogP contribution in [0.15, 0.2) is 30.6 Å². The van der Waals surface area contributed by atoms with Gasteiger partial charge in [-0.05, 0) is 31.5 Å². The van der Waals surface area contributed by atoms with Crippen LogP contribution in [0.2, 0.25) is 0 Å². The lowest BCUT2D eigenvalue weighted by Gasteiger charge is -2.12. The molecule has 0 aliphatic rings. The smallest absolute Gasteiger partial charge is 0.254 e. The Bertz CT molecular complexity index is 748. The molecule has 0 spiro atoms. The molecule has 6 heteroatoms. The number of fused-ring (bicyclic) bond motifs is 1. The number of aryl methyl sites for hydroxylation is 1. The van der Waals surface area contributed by atoms with Crippen molar-refractivity contribution >= 4 is 11.6 Å². The number of anilines is 1. The normalized spacial score (nSPS) is 10.9. The van der Waals surface area contributed by atoms with Crippen molar-refractivity contribution < 1.29 is 4.39 Å². The molecular weight excluding hydrogens is 257 g/mol. The van der Waals surface area contributed by atoms with Gasteiger partial charge >= 0.3 is 0 Å². The molecule has 5 nitrogen and oxygen atoms in total. The van der Waals surface area contributed by atoms with Crippen LogP contribution in [0.3, 0.4) is 0 Å². The highest BCUT2D eigenvalue weighted by molar-refractivity contribution is 5.52. The van der Waals surface area contributed by atoms with Crippen LogP contribution in [0.4, 0.5) is 10.2 Å². The molecule has 0 unspecified atom stereocenters. The number of nitrogens with one attached hydrogen (secondary N) is 1. The average Bonchev–Trinajstić information content (AvgIpc) is 2.89. The van der Waals surface area contributed by atoms with E-state index in [0.717, 1.165) is 22.6 Å². The molecule has 20 heavy (non-hydrogen) atoms. The van der Waals surface area contributed by atoms with Gasteiger partial charge in [0.2, 0.25) is 0 Å². The third-order valence-corrected chi connectivity index (χ3v) is 3.28. The van der Waals surface area contributed by atoms with E-state index < -0.39 is 0 Å². The molecular formula is C14H14FN5. The van der Waals surface area contributed by atoms with E-state index in [-0.39, 0.29) is 5.82 Å². The van der Waals surface area contributed by atoms with E-state index >= 15 is 0 Å². The van der Waals surface area contributed by atoms with Crippen LogP contribution in [0, 0.1) is 19.7 Å². The van der Waals surface area contributed by atoms with Crippen molar-refractivity contribution in [2.24, 2.45) is 0 Å². The minimum Gasteiger partial charge on any atom is -0.366 e. The van der Waals surface area contributed by atoms with Crippen LogP contribution in [-0.4, -0.2) is 19.6 Å². The Balaban J connectivity index is 1.92. The van der Waals surface area contributed by atoms with E-state index in [9.17, 15) is 4.39 Å². The summed E-state index contributed by atoms with van der Waals surface area (Å²) in [7, 11) is 0. The van der Waals surface area contributed by atoms with Crippen molar-refractivity contribution in [3.8, 4) is 0 Å². The summed E-state index contributed by atoms with van der Waals surface area (Å²) in [5.41, 5.74) is 2.92. The Hall–Kier alpha value is -2.50. The van der Waals surface area contributed by atoms with Crippen LogP contribution < -0.4 is 5.32 Å². The van der Waals surface area contributed by atoms with Crippen LogP contribution in [0.5, 0.6) is 0 Å². The van der Waals surface area contributed by atoms with E-state index in [1.807, 2.05) is 13.8 Å². The van der Waals surface area contributed by atoms with Crippen LogP contribution in [0.25, 0.3) is 5.78 Å². The first kappa shape index (κ1) is 12.5. The zero-order chi connectivity index (χ0) is 14.1. The molecule has 0 bridgehead atoms. The highest BCUT2D eigenvalue weighted by Gasteiger charge is 2.10. The van der Waals surface area contributed by atoms with Crippen molar-refractivity contribution in [1.29, 1.82) is 0 Å². The van der Waals surface area contributed by atoms with Crippen LogP contribution >= 0.6 is 0 Å². The van der Waals surface area contributed by atoms with E-state index in [1.165, 1.54) is 18.5 Å². The van der Waals surface area contributed by atoms with Gasteiger partial charge < -0.3 is 5.32 Å². The number of benzene rings is 1. The summed E-state index contributed by atoms with van der Waals surface area (Å²) < 4.78 is 14.6. The van der Waals surface area contributed by atoms with Gasteiger partial charge in [0.05, 0.1) is 0 Å². The third kappa shape index (κ3) is 2.20. The molecule has 0 aliphatic carbocycles. The predicted octanol–water partition coefficient (Wildman–Crippen LogP) is 2.49. The zero-order valence-corrected chi connectivity index (χ0v) is 11.3. The number of nitrogens with zero attached hydrogens (tertiary/aromatic N) is 4. The maximum Gasteiger partial charge on any atom is 0.254 e. The van der Waals surface area contributed by atoms with Gasteiger partial charge in [0.25, 0.3) is 5.78 Å². The maximum absolute atomic E-state index is 12.9. The standard InChI is InChI=1S/C14H14FN5/c1-9-10(2)19-14-17-8-18-20(14)13(9)16-7-11-3-5-12(15)6-4-11/h3-6,8,16H,7H2,1-2H3. The molecule has 0 saturated heterocycles. The summed E-state index contributed by atoms with van der Waals surface area (Å²) in [5, 5.41) is 7.48. The maximum atomic E-state index is 12.9. The first-order valence-corrected chi connectivity index (χ1v) is 6.30. The summed E-state index contributed by atoms with van der Waals surface area (Å²) in [6, 6.07) is 6.41. The number of rotatable bonds is 3. The first-order valence-electron chi connectivity index (χ1n) is 6.30. The van der Waals surface area contributed by atoms with Gasteiger partial charge in [-0.2, -0.15) is 14.6 Å². The Labute approximate surface area is 115 Å². The second-order valence-corrected chi connectivity index (χ2v) is 4.62. The minimum atomic E-state index is -0.233. The van der Waals surface area contributed by atoms with Gasteiger partial charge in [0, 0.05) is 17.8 Å². The molecule has 0 aliphatic heterocycles. The van der Waals surface area contributed by atoms with Gasteiger partial charge in [-0.1, -0.05) is 12.1 Å². The van der Waals surface area contributed by atoms with Gasteiger partial charge in [0.15, 0.2) is 0 Å². The van der Waals surface area contributed by atoms with Gasteiger partial charge in [-0.15, -0.1) is 0 Å². The molecule has 2 heterocycles. The molecule has 0 fully saturated rings. The quantitative estimate of drug-likeness (QED) is 0.795. The van der Waals surface area contributed by atoms with E-state index in [2.05, 4.69) is 20.4 Å².